The van der Waals surface area contributed by atoms with Gasteiger partial charge in [0, 0.05) is 6.54 Å². The maximum atomic E-state index is 11.2. The molecule has 1 heterocycles. The van der Waals surface area contributed by atoms with E-state index in [4.69, 9.17) is 4.42 Å². The molecule has 0 bridgehead atoms. The van der Waals surface area contributed by atoms with Gasteiger partial charge in [0.1, 0.15) is 0 Å². The molecule has 2 N–H and O–H groups in total. The summed E-state index contributed by atoms with van der Waals surface area (Å²) < 4.78 is 5.06. The van der Waals surface area contributed by atoms with Crippen LogP contribution in [0.5, 0.6) is 0 Å². The van der Waals surface area contributed by atoms with E-state index in [9.17, 15) is 9.90 Å². The zero-order valence-electron chi connectivity index (χ0n) is 14.2. The highest BCUT2D eigenvalue weighted by Crippen LogP contribution is 2.21. The summed E-state index contributed by atoms with van der Waals surface area (Å²) in [6.45, 7) is 7.47. The van der Waals surface area contributed by atoms with Crippen molar-refractivity contribution in [3.05, 3.63) is 34.3 Å². The second kappa shape index (κ2) is 8.89. The number of nitrogens with zero attached hydrogens (tertiary/aromatic N) is 1. The van der Waals surface area contributed by atoms with Gasteiger partial charge in [-0.2, -0.15) is 0 Å². The van der Waals surface area contributed by atoms with Gasteiger partial charge in [0.05, 0.1) is 11.6 Å². The highest BCUT2D eigenvalue weighted by Gasteiger charge is 2.12. The number of aromatic amines is 1. The van der Waals surface area contributed by atoms with E-state index in [0.29, 0.717) is 17.5 Å². The minimum absolute atomic E-state index is 0.461. The number of aliphatic hydroxyl groups excluding tert-OH is 1. The molecule has 0 saturated heterocycles. The van der Waals surface area contributed by atoms with Gasteiger partial charge in [-0.15, -0.1) is 0 Å². The van der Waals surface area contributed by atoms with Crippen LogP contribution in [0.1, 0.15) is 57.6 Å². The summed E-state index contributed by atoms with van der Waals surface area (Å²) in [5.74, 6) is -0.461. The lowest BCUT2D eigenvalue weighted by Crippen LogP contribution is -2.28. The minimum Gasteiger partial charge on any atom is -0.408 e. The molecule has 0 spiro atoms. The van der Waals surface area contributed by atoms with E-state index in [1.165, 1.54) is 25.7 Å². The number of rotatable bonds is 10. The largest absolute Gasteiger partial charge is 0.417 e. The van der Waals surface area contributed by atoms with Gasteiger partial charge in [-0.1, -0.05) is 32.8 Å². The van der Waals surface area contributed by atoms with E-state index in [0.717, 1.165) is 25.2 Å². The number of oxazole rings is 1. The van der Waals surface area contributed by atoms with Gasteiger partial charge in [-0.3, -0.25) is 4.98 Å². The van der Waals surface area contributed by atoms with Crippen molar-refractivity contribution in [2.45, 2.75) is 52.1 Å². The molecule has 0 aliphatic heterocycles. The zero-order chi connectivity index (χ0) is 16.7. The average molecular weight is 320 g/mol. The molecule has 128 valence electrons. The van der Waals surface area contributed by atoms with Crippen LogP contribution < -0.4 is 5.76 Å². The van der Waals surface area contributed by atoms with Gasteiger partial charge in [0.25, 0.3) is 0 Å². The van der Waals surface area contributed by atoms with Gasteiger partial charge in [0.15, 0.2) is 5.58 Å². The standard InChI is InChI=1S/C18H28N2O3/c1-3-5-10-20(11-6-4-2)12-9-16(21)14-7-8-15-17(13-14)23-18(22)19-15/h7-8,13,16,21H,3-6,9-12H2,1-2H3,(H,19,22). The molecular weight excluding hydrogens is 292 g/mol. The highest BCUT2D eigenvalue weighted by atomic mass is 16.4. The van der Waals surface area contributed by atoms with Gasteiger partial charge >= 0.3 is 5.76 Å². The predicted molar refractivity (Wildman–Crippen MR) is 92.7 cm³/mol. The van der Waals surface area contributed by atoms with Gasteiger partial charge in [0.2, 0.25) is 0 Å². The number of nitrogens with one attached hydrogen (secondary N) is 1. The lowest BCUT2D eigenvalue weighted by Gasteiger charge is -2.23. The third-order valence-corrected chi connectivity index (χ3v) is 4.20. The molecule has 1 atom stereocenters. The van der Waals surface area contributed by atoms with E-state index in [-0.39, 0.29) is 0 Å². The number of hydrogen-bond acceptors (Lipinski definition) is 4. The molecule has 1 unspecified atom stereocenters. The predicted octanol–water partition coefficient (Wildman–Crippen LogP) is 3.45. The Morgan fingerprint density at radius 1 is 1.17 bits per heavy atom. The van der Waals surface area contributed by atoms with Crippen molar-refractivity contribution < 1.29 is 9.52 Å². The molecule has 0 amide bonds. The first-order valence-electron chi connectivity index (χ1n) is 8.67. The smallest absolute Gasteiger partial charge is 0.408 e. The molecule has 5 heteroatoms. The Labute approximate surface area is 137 Å². The van der Waals surface area contributed by atoms with Crippen molar-refractivity contribution in [1.82, 2.24) is 9.88 Å². The fourth-order valence-electron chi connectivity index (χ4n) is 2.74. The SMILES string of the molecule is CCCCN(CCCC)CCC(O)c1ccc2[nH]c(=O)oc2c1. The van der Waals surface area contributed by atoms with Crippen molar-refractivity contribution in [2.24, 2.45) is 0 Å². The third-order valence-electron chi connectivity index (χ3n) is 4.20. The maximum absolute atomic E-state index is 11.2. The van der Waals surface area contributed by atoms with E-state index in [1.807, 2.05) is 6.07 Å². The number of fused-ring (bicyclic) bond motifs is 1. The van der Waals surface area contributed by atoms with Crippen LogP contribution in [0.3, 0.4) is 0 Å². The maximum Gasteiger partial charge on any atom is 0.417 e. The monoisotopic (exact) mass is 320 g/mol. The van der Waals surface area contributed by atoms with E-state index in [2.05, 4.69) is 23.7 Å². The topological polar surface area (TPSA) is 69.5 Å². The second-order valence-electron chi connectivity index (χ2n) is 6.12. The Morgan fingerprint density at radius 2 is 1.87 bits per heavy atom. The molecule has 1 aromatic heterocycles. The normalized spacial score (nSPS) is 13.0. The Kier molecular flexibility index (Phi) is 6.86. The number of aliphatic hydroxyl groups is 1. The van der Waals surface area contributed by atoms with Crippen LogP contribution in [0, 0.1) is 0 Å². The second-order valence-corrected chi connectivity index (χ2v) is 6.12. The number of hydrogen-bond donors (Lipinski definition) is 2. The lowest BCUT2D eigenvalue weighted by atomic mass is 10.1. The number of aromatic nitrogens is 1. The summed E-state index contributed by atoms with van der Waals surface area (Å²) >= 11 is 0. The van der Waals surface area contributed by atoms with Crippen LogP contribution in [0.25, 0.3) is 11.1 Å². The summed E-state index contributed by atoms with van der Waals surface area (Å²) in [5, 5.41) is 10.4. The quantitative estimate of drug-likeness (QED) is 0.703. The van der Waals surface area contributed by atoms with E-state index >= 15 is 0 Å². The Balaban J connectivity index is 1.94. The van der Waals surface area contributed by atoms with Crippen molar-refractivity contribution in [1.29, 1.82) is 0 Å². The summed E-state index contributed by atoms with van der Waals surface area (Å²) in [5.41, 5.74) is 1.96. The highest BCUT2D eigenvalue weighted by molar-refractivity contribution is 5.72. The summed E-state index contributed by atoms with van der Waals surface area (Å²) in [7, 11) is 0. The Hall–Kier alpha value is -1.59. The van der Waals surface area contributed by atoms with Gasteiger partial charge < -0.3 is 14.4 Å². The van der Waals surface area contributed by atoms with Crippen LogP contribution in [0.4, 0.5) is 0 Å². The first kappa shape index (κ1) is 17.8. The van der Waals surface area contributed by atoms with Crippen LogP contribution in [0.15, 0.2) is 27.4 Å². The van der Waals surface area contributed by atoms with E-state index < -0.39 is 11.9 Å². The summed E-state index contributed by atoms with van der Waals surface area (Å²) in [4.78, 5) is 16.2. The third kappa shape index (κ3) is 5.22. The fraction of sp³-hybridized carbons (Fsp3) is 0.611. The molecule has 0 radical (unpaired) electrons. The zero-order valence-corrected chi connectivity index (χ0v) is 14.2. The van der Waals surface area contributed by atoms with Crippen LogP contribution in [0.2, 0.25) is 0 Å². The molecular formula is C18H28N2O3. The lowest BCUT2D eigenvalue weighted by molar-refractivity contribution is 0.140. The number of unbranched alkanes of at least 4 members (excludes halogenated alkanes) is 2. The van der Waals surface area contributed by atoms with Crippen molar-refractivity contribution in [3.63, 3.8) is 0 Å². The van der Waals surface area contributed by atoms with E-state index in [1.54, 1.807) is 12.1 Å². The van der Waals surface area contributed by atoms with Crippen molar-refractivity contribution >= 4 is 11.1 Å². The van der Waals surface area contributed by atoms with Crippen molar-refractivity contribution in [3.8, 4) is 0 Å². The molecule has 2 aromatic rings. The first-order chi connectivity index (χ1) is 11.1. The molecule has 0 saturated carbocycles. The molecule has 0 aliphatic rings. The Morgan fingerprint density at radius 3 is 2.52 bits per heavy atom. The summed E-state index contributed by atoms with van der Waals surface area (Å²) in [6, 6.07) is 5.38. The van der Waals surface area contributed by atoms with Crippen LogP contribution in [-0.2, 0) is 0 Å². The first-order valence-corrected chi connectivity index (χ1v) is 8.67. The molecule has 1 aromatic carbocycles. The van der Waals surface area contributed by atoms with Crippen LogP contribution >= 0.6 is 0 Å². The number of benzene rings is 1. The minimum atomic E-state index is -0.537. The van der Waals surface area contributed by atoms with Crippen molar-refractivity contribution in [2.75, 3.05) is 19.6 Å². The molecule has 0 aliphatic carbocycles. The fourth-order valence-corrected chi connectivity index (χ4v) is 2.74. The molecule has 2 rings (SSSR count). The molecule has 5 nitrogen and oxygen atoms in total. The summed E-state index contributed by atoms with van der Waals surface area (Å²) in [6.07, 6.45) is 4.92. The average Bonchev–Trinajstić information content (AvgIpc) is 2.92. The molecule has 0 fully saturated rings. The Bertz CT molecular complexity index is 639. The van der Waals surface area contributed by atoms with Gasteiger partial charge in [-0.25, -0.2) is 4.79 Å². The number of H-pyrrole nitrogens is 1. The van der Waals surface area contributed by atoms with Crippen LogP contribution in [-0.4, -0.2) is 34.6 Å². The van der Waals surface area contributed by atoms with Gasteiger partial charge in [-0.05, 0) is 50.0 Å². The molecule has 23 heavy (non-hydrogen) atoms.